The zero-order valence-corrected chi connectivity index (χ0v) is 34.8. The van der Waals surface area contributed by atoms with Gasteiger partial charge in [0.2, 0.25) is 11.8 Å². The molecular weight excluding hydrogens is 717 g/mol. The summed E-state index contributed by atoms with van der Waals surface area (Å²) in [5.74, 6) is 2.94. The maximum Gasteiger partial charge on any atom is 0.248 e. The van der Waals surface area contributed by atoms with Crippen molar-refractivity contribution in [2.75, 3.05) is 33.2 Å². The van der Waals surface area contributed by atoms with Crippen molar-refractivity contribution in [3.63, 3.8) is 0 Å². The molecule has 8 aliphatic rings. The van der Waals surface area contributed by atoms with E-state index in [4.69, 9.17) is 11.5 Å². The van der Waals surface area contributed by atoms with Crippen LogP contribution in [0.1, 0.15) is 146 Å². The molecule has 6 aliphatic carbocycles. The molecule has 6 nitrogen and oxygen atoms in total. The van der Waals surface area contributed by atoms with Crippen LogP contribution in [0.2, 0.25) is 0 Å². The molecule has 0 spiro atoms. The van der Waals surface area contributed by atoms with Gasteiger partial charge in [-0.2, -0.15) is 0 Å². The van der Waals surface area contributed by atoms with Crippen LogP contribution in [0, 0.1) is 23.7 Å². The molecule has 2 aromatic carbocycles. The number of fused-ring (bicyclic) bond motifs is 2. The summed E-state index contributed by atoms with van der Waals surface area (Å²) in [7, 11) is 2.56. The minimum absolute atomic E-state index is 0. The van der Waals surface area contributed by atoms with Crippen molar-refractivity contribution in [2.24, 2.45) is 35.1 Å². The van der Waals surface area contributed by atoms with Crippen molar-refractivity contribution in [2.45, 2.75) is 138 Å². The number of hydrogen-bond acceptors (Lipinski definition) is 3. The second-order valence-corrected chi connectivity index (χ2v) is 19.0. The van der Waals surface area contributed by atoms with Gasteiger partial charge in [-0.25, -0.2) is 0 Å². The summed E-state index contributed by atoms with van der Waals surface area (Å²) in [4.78, 5) is 26.4. The van der Waals surface area contributed by atoms with E-state index in [2.05, 4.69) is 36.2 Å². The predicted molar refractivity (Wildman–Crippen MR) is 204 cm³/mol. The summed E-state index contributed by atoms with van der Waals surface area (Å²) in [5, 5.41) is 0. The van der Waals surface area contributed by atoms with Crippen molar-refractivity contribution in [1.29, 1.82) is 0 Å². The first-order chi connectivity index (χ1) is 24.7. The fourth-order valence-electron chi connectivity index (χ4n) is 13.6. The standard InChI is InChI=1S/C23H32N2O.C22H30N2O.Y/c1-25(15-16-5-4-6-16)12-11-23-10-3-2-7-19(23)21(25)14-17-8-9-18(22(24)26)13-20(17)23;23-21(25)17-8-7-16-13-20-18-6-1-2-9-22(18,19(16)12-17)10-11-24(20)14-15-4-3-5-15;/h8-9,13,16,19,21H,2-7,10-12,14-15H2,1H3,(H-,24,26);7-8,12,15,18,20H,1-6,9-11,13-14H2,(H2,23,25);/p+1. The van der Waals surface area contributed by atoms with Crippen molar-refractivity contribution < 1.29 is 46.8 Å². The third-order valence-electron chi connectivity index (χ3n) is 16.6. The van der Waals surface area contributed by atoms with Crippen LogP contribution in [0.15, 0.2) is 36.4 Å². The van der Waals surface area contributed by atoms with Gasteiger partial charge in [0.1, 0.15) is 0 Å². The Labute approximate surface area is 338 Å². The van der Waals surface area contributed by atoms with E-state index in [9.17, 15) is 9.59 Å². The van der Waals surface area contributed by atoms with Crippen molar-refractivity contribution in [3.8, 4) is 0 Å². The third kappa shape index (κ3) is 6.20. The number of benzene rings is 2. The van der Waals surface area contributed by atoms with Crippen LogP contribution >= 0.6 is 0 Å². The predicted octanol–water partition coefficient (Wildman–Crippen LogP) is 7.43. The minimum atomic E-state index is -0.281. The van der Waals surface area contributed by atoms with Gasteiger partial charge in [-0.1, -0.05) is 50.7 Å². The van der Waals surface area contributed by atoms with Crippen LogP contribution < -0.4 is 11.5 Å². The van der Waals surface area contributed by atoms with E-state index in [0.717, 1.165) is 35.8 Å². The van der Waals surface area contributed by atoms with Gasteiger partial charge >= 0.3 is 0 Å². The molecule has 10 rings (SSSR count). The quantitative estimate of drug-likeness (QED) is 0.299. The maximum absolute atomic E-state index is 11.8. The van der Waals surface area contributed by atoms with Crippen molar-refractivity contribution in [3.05, 3.63) is 69.8 Å². The van der Waals surface area contributed by atoms with E-state index in [-0.39, 0.29) is 44.5 Å². The first-order valence-corrected chi connectivity index (χ1v) is 21.1. The number of likely N-dealkylation sites (tertiary alicyclic amines) is 2. The van der Waals surface area contributed by atoms with Crippen LogP contribution in [0.4, 0.5) is 0 Å². The Kier molecular flexibility index (Phi) is 10.4. The molecule has 0 aromatic heterocycles. The molecule has 6 fully saturated rings. The normalized spacial score (nSPS) is 36.1. The van der Waals surface area contributed by atoms with Gasteiger partial charge in [0.25, 0.3) is 0 Å². The fraction of sp³-hybridized carbons (Fsp3) is 0.689. The van der Waals surface area contributed by atoms with E-state index in [1.54, 1.807) is 0 Å². The number of carbonyl (C=O) groups is 2. The van der Waals surface area contributed by atoms with Gasteiger partial charge in [-0.15, -0.1) is 0 Å². The molecule has 2 saturated heterocycles. The first kappa shape index (κ1) is 37.3. The Bertz CT molecular complexity index is 1690. The molecule has 52 heavy (non-hydrogen) atoms. The molecule has 7 heteroatoms. The number of quaternary nitrogens is 1. The summed E-state index contributed by atoms with van der Waals surface area (Å²) in [5.41, 5.74) is 19.2. The van der Waals surface area contributed by atoms with Crippen LogP contribution in [0.25, 0.3) is 0 Å². The van der Waals surface area contributed by atoms with Gasteiger partial charge in [-0.05, 0) is 129 Å². The Hall–Kier alpha value is -1.60. The van der Waals surface area contributed by atoms with Crippen LogP contribution in [-0.4, -0.2) is 66.5 Å². The zero-order valence-electron chi connectivity index (χ0n) is 31.9. The fourth-order valence-corrected chi connectivity index (χ4v) is 13.6. The van der Waals surface area contributed by atoms with Gasteiger partial charge in [0, 0.05) is 91.9 Å². The molecule has 2 aromatic rings. The van der Waals surface area contributed by atoms with E-state index < -0.39 is 0 Å². The molecule has 277 valence electrons. The monoisotopic (exact) mass is 780 g/mol. The molecular formula is C45H63N4O2Y+. The molecule has 2 amide bonds. The number of nitrogens with two attached hydrogens (primary N) is 2. The van der Waals surface area contributed by atoms with Gasteiger partial charge in [-0.3, -0.25) is 14.5 Å². The zero-order chi connectivity index (χ0) is 35.0. The van der Waals surface area contributed by atoms with Crippen LogP contribution in [0.3, 0.4) is 0 Å². The van der Waals surface area contributed by atoms with E-state index in [0.29, 0.717) is 22.0 Å². The number of hydrogen-bond donors (Lipinski definition) is 2. The van der Waals surface area contributed by atoms with Gasteiger partial charge in [0.05, 0.1) is 26.2 Å². The molecule has 2 heterocycles. The molecule has 4 N–H and O–H groups in total. The smallest absolute Gasteiger partial charge is 0.248 e. The summed E-state index contributed by atoms with van der Waals surface area (Å²) >= 11 is 0. The Morgan fingerprint density at radius 1 is 0.712 bits per heavy atom. The largest absolute Gasteiger partial charge is 0.366 e. The Morgan fingerprint density at radius 3 is 1.87 bits per heavy atom. The number of likely N-dealkylation sites (N-methyl/N-ethyl adjacent to an activating group) is 1. The summed E-state index contributed by atoms with van der Waals surface area (Å²) in [6.45, 7) is 5.29. The average Bonchev–Trinajstić information content (AvgIpc) is 3.10. The number of carbonyl (C=O) groups excluding carboxylic acids is 2. The number of nitrogens with zero attached hydrogens (tertiary/aromatic N) is 2. The Balaban J connectivity index is 0.000000146. The molecule has 4 bridgehead atoms. The minimum Gasteiger partial charge on any atom is -0.366 e. The average molecular weight is 781 g/mol. The van der Waals surface area contributed by atoms with Crippen LogP contribution in [-0.2, 0) is 56.4 Å². The summed E-state index contributed by atoms with van der Waals surface area (Å²) in [6, 6.07) is 14.2. The molecule has 1 radical (unpaired) electrons. The maximum atomic E-state index is 11.8. The number of rotatable bonds is 6. The van der Waals surface area contributed by atoms with Gasteiger partial charge in [0.15, 0.2) is 0 Å². The number of piperidine rings is 2. The topological polar surface area (TPSA) is 89.4 Å². The second-order valence-electron chi connectivity index (χ2n) is 19.0. The number of primary amides is 2. The summed E-state index contributed by atoms with van der Waals surface area (Å²) in [6.07, 6.45) is 24.4. The van der Waals surface area contributed by atoms with E-state index >= 15 is 0 Å². The summed E-state index contributed by atoms with van der Waals surface area (Å²) < 4.78 is 1.30. The van der Waals surface area contributed by atoms with Crippen LogP contribution in [0.5, 0.6) is 0 Å². The second kappa shape index (κ2) is 14.5. The third-order valence-corrected chi connectivity index (χ3v) is 16.6. The molecule has 2 aliphatic heterocycles. The Morgan fingerprint density at radius 2 is 1.29 bits per heavy atom. The van der Waals surface area contributed by atoms with Crippen molar-refractivity contribution in [1.82, 2.24) is 4.90 Å². The van der Waals surface area contributed by atoms with E-state index in [1.807, 2.05) is 12.1 Å². The van der Waals surface area contributed by atoms with E-state index in [1.165, 1.54) is 168 Å². The molecule has 7 atom stereocenters. The molecule has 7 unspecified atom stereocenters. The number of amides is 2. The SMILES string of the molecule is C[N+]1(CC2CCC2)CCC23CCCCC2C1Cc1ccc(C(N)=O)cc13.NC(=O)c1ccc2c(c1)C13CCCCC1C(C2)N(CC1CCC1)CC3.[Y]. The van der Waals surface area contributed by atoms with Crippen molar-refractivity contribution >= 4 is 11.8 Å². The van der Waals surface area contributed by atoms with Gasteiger partial charge < -0.3 is 16.0 Å². The molecule has 4 saturated carbocycles. The first-order valence-electron chi connectivity index (χ1n) is 21.1.